The molecule has 4 nitrogen and oxygen atoms in total. The molecule has 2 atom stereocenters. The van der Waals surface area contributed by atoms with Crippen molar-refractivity contribution in [1.82, 2.24) is 0 Å². The molecule has 18 heavy (non-hydrogen) atoms. The maximum Gasteiger partial charge on any atom is 0.231 e. The van der Waals surface area contributed by atoms with E-state index in [0.717, 1.165) is 17.0 Å². The summed E-state index contributed by atoms with van der Waals surface area (Å²) in [6.45, 7) is 1.95. The number of nitrogens with one attached hydrogen (secondary N) is 1. The smallest absolute Gasteiger partial charge is 0.231 e. The molecule has 1 aliphatic carbocycles. The number of carbonyl (C=O) groups excluding carboxylic acids is 1. The fourth-order valence-corrected chi connectivity index (χ4v) is 2.01. The lowest BCUT2D eigenvalue weighted by Crippen LogP contribution is -2.24. The molecule has 0 saturated heterocycles. The number of aryl methyl sites for hydroxylation is 1. The van der Waals surface area contributed by atoms with Crippen molar-refractivity contribution in [2.75, 3.05) is 12.4 Å². The van der Waals surface area contributed by atoms with Crippen molar-refractivity contribution >= 4 is 11.6 Å². The van der Waals surface area contributed by atoms with Crippen molar-refractivity contribution in [2.45, 2.75) is 19.4 Å². The van der Waals surface area contributed by atoms with Gasteiger partial charge in [-0.05, 0) is 25.0 Å². The number of hydrogen-bond donors (Lipinski definition) is 2. The van der Waals surface area contributed by atoms with Crippen molar-refractivity contribution in [1.29, 1.82) is 0 Å². The van der Waals surface area contributed by atoms with Crippen molar-refractivity contribution in [2.24, 2.45) is 11.7 Å². The lowest BCUT2D eigenvalue weighted by atomic mass is 10.1. The molecule has 0 saturated carbocycles. The van der Waals surface area contributed by atoms with E-state index in [1.54, 1.807) is 7.11 Å². The number of anilines is 1. The minimum absolute atomic E-state index is 0.00726. The average Bonchev–Trinajstić information content (AvgIpc) is 2.79. The molecule has 0 aromatic heterocycles. The van der Waals surface area contributed by atoms with Gasteiger partial charge >= 0.3 is 0 Å². The van der Waals surface area contributed by atoms with Crippen molar-refractivity contribution in [3.8, 4) is 5.75 Å². The molecule has 1 aliphatic rings. The summed E-state index contributed by atoms with van der Waals surface area (Å²) in [4.78, 5) is 12.1. The van der Waals surface area contributed by atoms with Crippen molar-refractivity contribution in [3.05, 3.63) is 35.9 Å². The summed E-state index contributed by atoms with van der Waals surface area (Å²) in [5.74, 6) is 0.579. The van der Waals surface area contributed by atoms with Crippen LogP contribution in [0.4, 0.5) is 5.69 Å². The van der Waals surface area contributed by atoms with Crippen LogP contribution in [0.2, 0.25) is 0 Å². The van der Waals surface area contributed by atoms with E-state index in [1.807, 2.05) is 37.3 Å². The van der Waals surface area contributed by atoms with Crippen LogP contribution in [0, 0.1) is 12.8 Å². The van der Waals surface area contributed by atoms with Gasteiger partial charge in [-0.15, -0.1) is 0 Å². The van der Waals surface area contributed by atoms with Gasteiger partial charge in [0, 0.05) is 17.8 Å². The van der Waals surface area contributed by atoms with E-state index in [0.29, 0.717) is 6.42 Å². The largest absolute Gasteiger partial charge is 0.497 e. The van der Waals surface area contributed by atoms with Crippen LogP contribution in [0.5, 0.6) is 5.75 Å². The quantitative estimate of drug-likeness (QED) is 0.800. The van der Waals surface area contributed by atoms with Crippen molar-refractivity contribution in [3.63, 3.8) is 0 Å². The summed E-state index contributed by atoms with van der Waals surface area (Å²) >= 11 is 0. The number of rotatable bonds is 3. The Hall–Kier alpha value is -1.81. The van der Waals surface area contributed by atoms with E-state index in [1.165, 1.54) is 0 Å². The fourth-order valence-electron chi connectivity index (χ4n) is 2.01. The Morgan fingerprint density at radius 3 is 2.83 bits per heavy atom. The van der Waals surface area contributed by atoms with E-state index < -0.39 is 0 Å². The second kappa shape index (κ2) is 5.23. The number of hydrogen-bond acceptors (Lipinski definition) is 3. The van der Waals surface area contributed by atoms with E-state index in [4.69, 9.17) is 10.5 Å². The molecule has 3 N–H and O–H groups in total. The third-order valence-corrected chi connectivity index (χ3v) is 3.16. The van der Waals surface area contributed by atoms with Gasteiger partial charge in [-0.3, -0.25) is 4.79 Å². The highest BCUT2D eigenvalue weighted by molar-refractivity contribution is 5.94. The predicted octanol–water partition coefficient (Wildman–Crippen LogP) is 1.85. The van der Waals surface area contributed by atoms with Gasteiger partial charge in [0.1, 0.15) is 5.75 Å². The van der Waals surface area contributed by atoms with Crippen LogP contribution in [0.1, 0.15) is 12.0 Å². The topological polar surface area (TPSA) is 64.3 Å². The Kier molecular flexibility index (Phi) is 3.67. The number of carbonyl (C=O) groups is 1. The molecule has 96 valence electrons. The molecule has 1 aromatic carbocycles. The van der Waals surface area contributed by atoms with E-state index in [-0.39, 0.29) is 17.9 Å². The maximum absolute atomic E-state index is 12.1. The highest BCUT2D eigenvalue weighted by Crippen LogP contribution is 2.24. The summed E-state index contributed by atoms with van der Waals surface area (Å²) in [6, 6.07) is 5.61. The Labute approximate surface area is 107 Å². The van der Waals surface area contributed by atoms with Crippen LogP contribution in [0.3, 0.4) is 0 Å². The second-order valence-corrected chi connectivity index (χ2v) is 4.56. The van der Waals surface area contributed by atoms with Gasteiger partial charge in [0.05, 0.1) is 13.0 Å². The Morgan fingerprint density at radius 1 is 1.44 bits per heavy atom. The van der Waals surface area contributed by atoms with Gasteiger partial charge in [0.15, 0.2) is 0 Å². The first-order chi connectivity index (χ1) is 8.60. The Balaban J connectivity index is 2.09. The van der Waals surface area contributed by atoms with Gasteiger partial charge in [-0.1, -0.05) is 18.2 Å². The third kappa shape index (κ3) is 2.71. The zero-order chi connectivity index (χ0) is 13.1. The first-order valence-corrected chi connectivity index (χ1v) is 5.99. The lowest BCUT2D eigenvalue weighted by Gasteiger charge is -2.13. The SMILES string of the molecule is COc1ccc(C)c(NC(=O)C2C=CC(N)C2)c1. The normalized spacial score (nSPS) is 21.9. The van der Waals surface area contributed by atoms with Gasteiger partial charge in [-0.25, -0.2) is 0 Å². The van der Waals surface area contributed by atoms with Gasteiger partial charge in [0.2, 0.25) is 5.91 Å². The number of nitrogens with two attached hydrogens (primary N) is 1. The van der Waals surface area contributed by atoms with E-state index >= 15 is 0 Å². The monoisotopic (exact) mass is 246 g/mol. The standard InChI is InChI=1S/C14H18N2O2/c1-9-3-6-12(18-2)8-13(9)16-14(17)10-4-5-11(15)7-10/h3-6,8,10-11H,7,15H2,1-2H3,(H,16,17). The minimum atomic E-state index is -0.134. The zero-order valence-electron chi connectivity index (χ0n) is 10.6. The van der Waals surface area contributed by atoms with Crippen LogP contribution in [-0.2, 0) is 4.79 Å². The third-order valence-electron chi connectivity index (χ3n) is 3.16. The second-order valence-electron chi connectivity index (χ2n) is 4.56. The van der Waals surface area contributed by atoms with Crippen LogP contribution in [0.25, 0.3) is 0 Å². The molecular weight excluding hydrogens is 228 g/mol. The minimum Gasteiger partial charge on any atom is -0.497 e. The van der Waals surface area contributed by atoms with Gasteiger partial charge in [0.25, 0.3) is 0 Å². The van der Waals surface area contributed by atoms with E-state index in [9.17, 15) is 4.79 Å². The molecule has 1 aromatic rings. The number of benzene rings is 1. The molecular formula is C14H18N2O2. The van der Waals surface area contributed by atoms with Gasteiger partial charge < -0.3 is 15.8 Å². The molecule has 2 unspecified atom stereocenters. The summed E-state index contributed by atoms with van der Waals surface area (Å²) in [5, 5.41) is 2.92. The summed E-state index contributed by atoms with van der Waals surface area (Å²) in [5.41, 5.74) is 7.54. The molecule has 4 heteroatoms. The molecule has 0 bridgehead atoms. The predicted molar refractivity (Wildman–Crippen MR) is 71.6 cm³/mol. The maximum atomic E-state index is 12.1. The number of ether oxygens (including phenoxy) is 1. The molecule has 0 radical (unpaired) electrons. The highest BCUT2D eigenvalue weighted by atomic mass is 16.5. The lowest BCUT2D eigenvalue weighted by molar-refractivity contribution is -0.118. The highest BCUT2D eigenvalue weighted by Gasteiger charge is 2.23. The van der Waals surface area contributed by atoms with Crippen LogP contribution < -0.4 is 15.8 Å². The fraction of sp³-hybridized carbons (Fsp3) is 0.357. The molecule has 0 fully saturated rings. The molecule has 0 spiro atoms. The van der Waals surface area contributed by atoms with Crippen LogP contribution >= 0.6 is 0 Å². The molecule has 1 amide bonds. The van der Waals surface area contributed by atoms with Crippen LogP contribution in [-0.4, -0.2) is 19.1 Å². The first kappa shape index (κ1) is 12.6. The summed E-state index contributed by atoms with van der Waals surface area (Å²) in [6.07, 6.45) is 4.42. The van der Waals surface area contributed by atoms with Crippen LogP contribution in [0.15, 0.2) is 30.4 Å². The average molecular weight is 246 g/mol. The summed E-state index contributed by atoms with van der Waals surface area (Å²) < 4.78 is 5.15. The molecule has 0 heterocycles. The van der Waals surface area contributed by atoms with E-state index in [2.05, 4.69) is 5.32 Å². The number of amides is 1. The Bertz CT molecular complexity index is 483. The first-order valence-electron chi connectivity index (χ1n) is 5.99. The zero-order valence-corrected chi connectivity index (χ0v) is 10.6. The summed E-state index contributed by atoms with van der Waals surface area (Å²) in [7, 11) is 1.61. The van der Waals surface area contributed by atoms with Crippen molar-refractivity contribution < 1.29 is 9.53 Å². The Morgan fingerprint density at radius 2 is 2.22 bits per heavy atom. The number of methoxy groups -OCH3 is 1. The van der Waals surface area contributed by atoms with Gasteiger partial charge in [-0.2, -0.15) is 0 Å². The molecule has 2 rings (SSSR count). The molecule has 0 aliphatic heterocycles.